The molecule has 0 bridgehead atoms. The first-order chi connectivity index (χ1) is 7.25. The summed E-state index contributed by atoms with van der Waals surface area (Å²) in [6.07, 6.45) is 7.38. The molecule has 2 atom stereocenters. The lowest BCUT2D eigenvalue weighted by Crippen LogP contribution is -2.55. The summed E-state index contributed by atoms with van der Waals surface area (Å²) in [6, 6.07) is 1.42. The lowest BCUT2D eigenvalue weighted by atomic mass is 9.88. The van der Waals surface area contributed by atoms with Gasteiger partial charge in [0, 0.05) is 31.7 Å². The maximum Gasteiger partial charge on any atom is 0.0193 e. The second-order valence-corrected chi connectivity index (χ2v) is 5.62. The summed E-state index contributed by atoms with van der Waals surface area (Å²) >= 11 is 0. The minimum atomic E-state index is 0.685. The van der Waals surface area contributed by atoms with Crippen LogP contribution in [0.4, 0.5) is 0 Å². The van der Waals surface area contributed by atoms with Gasteiger partial charge in [0.05, 0.1) is 0 Å². The van der Waals surface area contributed by atoms with Crippen molar-refractivity contribution in [3.63, 3.8) is 0 Å². The molecule has 15 heavy (non-hydrogen) atoms. The van der Waals surface area contributed by atoms with Gasteiger partial charge in [-0.1, -0.05) is 19.3 Å². The number of hydrogen-bond acceptors (Lipinski definition) is 2. The monoisotopic (exact) mass is 210 g/mol. The minimum absolute atomic E-state index is 0.685. The van der Waals surface area contributed by atoms with Crippen molar-refractivity contribution in [1.29, 1.82) is 0 Å². The van der Waals surface area contributed by atoms with Gasteiger partial charge < -0.3 is 5.32 Å². The molecule has 0 spiro atoms. The zero-order valence-corrected chi connectivity index (χ0v) is 10.3. The maximum atomic E-state index is 3.56. The topological polar surface area (TPSA) is 15.3 Å². The highest BCUT2D eigenvalue weighted by molar-refractivity contribution is 4.83. The van der Waals surface area contributed by atoms with Gasteiger partial charge in [-0.25, -0.2) is 0 Å². The summed E-state index contributed by atoms with van der Waals surface area (Å²) in [5.74, 6) is 0.992. The van der Waals surface area contributed by atoms with E-state index >= 15 is 0 Å². The molecule has 0 aromatic rings. The standard InChI is InChI=1S/C13H26N2/c1-11-9-15(12(2)8-14-11)10-13-6-4-3-5-7-13/h11-14H,3-10H2,1-2H3. The van der Waals surface area contributed by atoms with Crippen LogP contribution in [0, 0.1) is 5.92 Å². The maximum absolute atomic E-state index is 3.56. The fourth-order valence-corrected chi connectivity index (χ4v) is 3.05. The molecule has 0 aromatic heterocycles. The fraction of sp³-hybridized carbons (Fsp3) is 1.00. The van der Waals surface area contributed by atoms with E-state index in [0.717, 1.165) is 12.0 Å². The van der Waals surface area contributed by atoms with E-state index < -0.39 is 0 Å². The van der Waals surface area contributed by atoms with Crippen LogP contribution in [0.5, 0.6) is 0 Å². The van der Waals surface area contributed by atoms with Gasteiger partial charge in [-0.2, -0.15) is 0 Å². The third-order valence-corrected chi connectivity index (χ3v) is 4.11. The molecular weight excluding hydrogens is 184 g/mol. The quantitative estimate of drug-likeness (QED) is 0.752. The van der Waals surface area contributed by atoms with Gasteiger partial charge in [0.1, 0.15) is 0 Å². The van der Waals surface area contributed by atoms with Crippen molar-refractivity contribution in [2.75, 3.05) is 19.6 Å². The molecule has 1 aliphatic carbocycles. The SMILES string of the molecule is CC1CN(CC2CCCCC2)C(C)CN1. The van der Waals surface area contributed by atoms with Crippen molar-refractivity contribution < 1.29 is 0 Å². The number of hydrogen-bond donors (Lipinski definition) is 1. The third kappa shape index (κ3) is 3.18. The van der Waals surface area contributed by atoms with Gasteiger partial charge >= 0.3 is 0 Å². The van der Waals surface area contributed by atoms with Gasteiger partial charge in [-0.15, -0.1) is 0 Å². The van der Waals surface area contributed by atoms with Crippen LogP contribution >= 0.6 is 0 Å². The van der Waals surface area contributed by atoms with Crippen LogP contribution < -0.4 is 5.32 Å². The lowest BCUT2D eigenvalue weighted by Gasteiger charge is -2.40. The van der Waals surface area contributed by atoms with E-state index in [2.05, 4.69) is 24.1 Å². The Morgan fingerprint density at radius 2 is 1.87 bits per heavy atom. The Bertz CT molecular complexity index is 187. The molecule has 2 fully saturated rings. The Morgan fingerprint density at radius 3 is 2.60 bits per heavy atom. The van der Waals surface area contributed by atoms with Crippen molar-refractivity contribution in [3.8, 4) is 0 Å². The molecular formula is C13H26N2. The molecule has 2 nitrogen and oxygen atoms in total. The summed E-state index contributed by atoms with van der Waals surface area (Å²) < 4.78 is 0. The Labute approximate surface area is 94.4 Å². The molecule has 1 aliphatic heterocycles. The molecule has 2 unspecified atom stereocenters. The van der Waals surface area contributed by atoms with Crippen LogP contribution in [0.2, 0.25) is 0 Å². The lowest BCUT2D eigenvalue weighted by molar-refractivity contribution is 0.113. The van der Waals surface area contributed by atoms with Crippen LogP contribution in [-0.2, 0) is 0 Å². The molecule has 0 aromatic carbocycles. The first-order valence-corrected chi connectivity index (χ1v) is 6.73. The predicted molar refractivity (Wildman–Crippen MR) is 65.1 cm³/mol. The van der Waals surface area contributed by atoms with E-state index in [1.54, 1.807) is 0 Å². The highest BCUT2D eigenvalue weighted by atomic mass is 15.2. The van der Waals surface area contributed by atoms with Gasteiger partial charge in [0.25, 0.3) is 0 Å². The van der Waals surface area contributed by atoms with Crippen LogP contribution in [0.15, 0.2) is 0 Å². The molecule has 0 amide bonds. The van der Waals surface area contributed by atoms with E-state index in [-0.39, 0.29) is 0 Å². The van der Waals surface area contributed by atoms with E-state index in [1.165, 1.54) is 51.7 Å². The van der Waals surface area contributed by atoms with Gasteiger partial charge in [0.2, 0.25) is 0 Å². The smallest absolute Gasteiger partial charge is 0.0193 e. The second kappa shape index (κ2) is 5.31. The predicted octanol–water partition coefficient (Wildman–Crippen LogP) is 2.25. The third-order valence-electron chi connectivity index (χ3n) is 4.11. The molecule has 2 aliphatic rings. The van der Waals surface area contributed by atoms with Crippen LogP contribution in [0.1, 0.15) is 46.0 Å². The summed E-state index contributed by atoms with van der Waals surface area (Å²) in [6.45, 7) is 8.44. The van der Waals surface area contributed by atoms with Crippen molar-refractivity contribution in [2.45, 2.75) is 58.0 Å². The zero-order valence-electron chi connectivity index (χ0n) is 10.3. The number of rotatable bonds is 2. The Balaban J connectivity index is 1.80. The van der Waals surface area contributed by atoms with Gasteiger partial charge in [-0.05, 0) is 32.6 Å². The number of piperazine rings is 1. The second-order valence-electron chi connectivity index (χ2n) is 5.62. The Morgan fingerprint density at radius 1 is 1.13 bits per heavy atom. The fourth-order valence-electron chi connectivity index (χ4n) is 3.05. The zero-order chi connectivity index (χ0) is 10.7. The summed E-state index contributed by atoms with van der Waals surface area (Å²) in [4.78, 5) is 2.71. The van der Waals surface area contributed by atoms with E-state index in [0.29, 0.717) is 6.04 Å². The van der Waals surface area contributed by atoms with E-state index in [9.17, 15) is 0 Å². The molecule has 1 N–H and O–H groups in total. The minimum Gasteiger partial charge on any atom is -0.311 e. The van der Waals surface area contributed by atoms with Crippen molar-refractivity contribution in [1.82, 2.24) is 10.2 Å². The molecule has 1 heterocycles. The van der Waals surface area contributed by atoms with Crippen molar-refractivity contribution in [3.05, 3.63) is 0 Å². The van der Waals surface area contributed by atoms with Crippen LogP contribution in [0.3, 0.4) is 0 Å². The highest BCUT2D eigenvalue weighted by Crippen LogP contribution is 2.25. The Kier molecular flexibility index (Phi) is 4.04. The molecule has 1 saturated carbocycles. The van der Waals surface area contributed by atoms with Gasteiger partial charge in [-0.3, -0.25) is 4.90 Å². The van der Waals surface area contributed by atoms with Crippen LogP contribution in [-0.4, -0.2) is 36.6 Å². The molecule has 0 radical (unpaired) electrons. The average molecular weight is 210 g/mol. The largest absolute Gasteiger partial charge is 0.311 e. The highest BCUT2D eigenvalue weighted by Gasteiger charge is 2.25. The number of nitrogens with one attached hydrogen (secondary N) is 1. The van der Waals surface area contributed by atoms with E-state index in [1.807, 2.05) is 0 Å². The van der Waals surface area contributed by atoms with Crippen LogP contribution in [0.25, 0.3) is 0 Å². The first kappa shape index (κ1) is 11.4. The van der Waals surface area contributed by atoms with Crippen molar-refractivity contribution >= 4 is 0 Å². The number of nitrogens with zero attached hydrogens (tertiary/aromatic N) is 1. The molecule has 1 saturated heterocycles. The molecule has 2 heteroatoms. The molecule has 88 valence electrons. The molecule has 2 rings (SSSR count). The van der Waals surface area contributed by atoms with Gasteiger partial charge in [0.15, 0.2) is 0 Å². The Hall–Kier alpha value is -0.0800. The summed E-state index contributed by atoms with van der Waals surface area (Å²) in [7, 11) is 0. The first-order valence-electron chi connectivity index (χ1n) is 6.73. The normalized spacial score (nSPS) is 35.6. The summed E-state index contributed by atoms with van der Waals surface area (Å²) in [5, 5.41) is 3.56. The van der Waals surface area contributed by atoms with E-state index in [4.69, 9.17) is 0 Å². The average Bonchev–Trinajstić information content (AvgIpc) is 2.25. The van der Waals surface area contributed by atoms with Crippen molar-refractivity contribution in [2.24, 2.45) is 5.92 Å². The summed E-state index contributed by atoms with van der Waals surface area (Å²) in [5.41, 5.74) is 0.